The van der Waals surface area contributed by atoms with Crippen LogP contribution in [0, 0.1) is 6.92 Å². The minimum atomic E-state index is -3.55. The van der Waals surface area contributed by atoms with Gasteiger partial charge in [0.2, 0.25) is 10.0 Å². The minimum Gasteiger partial charge on any atom is -0.451 e. The summed E-state index contributed by atoms with van der Waals surface area (Å²) in [7, 11) is -3.55. The van der Waals surface area contributed by atoms with Crippen LogP contribution in [0.5, 0.6) is 0 Å². The number of benzene rings is 1. The summed E-state index contributed by atoms with van der Waals surface area (Å²) in [6.07, 6.45) is 0. The molecular weight excluding hydrogens is 340 g/mol. The number of sulfonamides is 1. The molecule has 0 atom stereocenters. The highest BCUT2D eigenvalue weighted by molar-refractivity contribution is 7.89. The zero-order valence-electron chi connectivity index (χ0n) is 15.5. The first kappa shape index (κ1) is 19.5. The smallest absolute Gasteiger partial charge is 0.289 e. The molecule has 1 aromatic carbocycles. The van der Waals surface area contributed by atoms with E-state index in [1.165, 1.54) is 10.4 Å². The molecule has 0 aliphatic rings. The van der Waals surface area contributed by atoms with Crippen molar-refractivity contribution in [3.05, 3.63) is 29.5 Å². The molecule has 0 saturated heterocycles. The maximum Gasteiger partial charge on any atom is 0.289 e. The van der Waals surface area contributed by atoms with Crippen LogP contribution in [0.4, 0.5) is 0 Å². The van der Waals surface area contributed by atoms with Gasteiger partial charge in [-0.2, -0.15) is 4.31 Å². The number of aryl methyl sites for hydroxylation is 1. The fraction of sp³-hybridized carbons (Fsp3) is 0.500. The van der Waals surface area contributed by atoms with Crippen LogP contribution in [0.15, 0.2) is 27.5 Å². The third-order valence-electron chi connectivity index (χ3n) is 4.50. The fourth-order valence-electron chi connectivity index (χ4n) is 2.93. The van der Waals surface area contributed by atoms with Gasteiger partial charge >= 0.3 is 0 Å². The minimum absolute atomic E-state index is 0.174. The topological polar surface area (TPSA) is 70.8 Å². The molecule has 1 aromatic heterocycles. The summed E-state index contributed by atoms with van der Waals surface area (Å²) in [6.45, 7) is 11.2. The Bertz CT molecular complexity index is 863. The number of hydrogen-bond donors (Lipinski definition) is 0. The summed E-state index contributed by atoms with van der Waals surface area (Å²) in [6, 6.07) is 4.75. The fourth-order valence-corrected chi connectivity index (χ4v) is 4.42. The van der Waals surface area contributed by atoms with Gasteiger partial charge < -0.3 is 9.32 Å². The Balaban J connectivity index is 2.55. The van der Waals surface area contributed by atoms with Gasteiger partial charge in [0, 0.05) is 37.1 Å². The van der Waals surface area contributed by atoms with E-state index in [0.717, 1.165) is 0 Å². The molecule has 1 amide bonds. The van der Waals surface area contributed by atoms with Crippen molar-refractivity contribution in [3.8, 4) is 0 Å². The van der Waals surface area contributed by atoms with Crippen LogP contribution in [-0.2, 0) is 10.0 Å². The third-order valence-corrected chi connectivity index (χ3v) is 6.54. The van der Waals surface area contributed by atoms with E-state index in [0.29, 0.717) is 42.7 Å². The number of hydrogen-bond acceptors (Lipinski definition) is 4. The highest BCUT2D eigenvalue weighted by Gasteiger charge is 2.25. The summed E-state index contributed by atoms with van der Waals surface area (Å²) in [5.41, 5.74) is 1.19. The van der Waals surface area contributed by atoms with Crippen LogP contribution in [-0.4, -0.2) is 49.7 Å². The number of carbonyl (C=O) groups is 1. The Morgan fingerprint density at radius 1 is 1.04 bits per heavy atom. The zero-order valence-corrected chi connectivity index (χ0v) is 16.3. The molecule has 138 valence electrons. The maximum absolute atomic E-state index is 12.7. The Hall–Kier alpha value is -1.86. The molecule has 0 saturated carbocycles. The first-order valence-electron chi connectivity index (χ1n) is 8.64. The average Bonchev–Trinajstić information content (AvgIpc) is 2.93. The normalized spacial score (nSPS) is 12.1. The quantitative estimate of drug-likeness (QED) is 0.754. The van der Waals surface area contributed by atoms with E-state index >= 15 is 0 Å². The summed E-state index contributed by atoms with van der Waals surface area (Å²) >= 11 is 0. The molecule has 0 aliphatic carbocycles. The molecule has 0 N–H and O–H groups in total. The summed E-state index contributed by atoms with van der Waals surface area (Å²) < 4.78 is 32.6. The second kappa shape index (κ2) is 7.58. The molecule has 2 rings (SSSR count). The third kappa shape index (κ3) is 3.43. The lowest BCUT2D eigenvalue weighted by atomic mass is 10.1. The first-order valence-corrected chi connectivity index (χ1v) is 10.1. The van der Waals surface area contributed by atoms with Crippen molar-refractivity contribution in [3.63, 3.8) is 0 Å². The Morgan fingerprint density at radius 2 is 1.64 bits per heavy atom. The van der Waals surface area contributed by atoms with Gasteiger partial charge in [-0.3, -0.25) is 4.79 Å². The monoisotopic (exact) mass is 366 g/mol. The second-order valence-corrected chi connectivity index (χ2v) is 7.72. The molecule has 1 heterocycles. The Kier molecular flexibility index (Phi) is 5.90. The molecule has 2 aromatic rings. The van der Waals surface area contributed by atoms with Crippen LogP contribution < -0.4 is 0 Å². The van der Waals surface area contributed by atoms with Crippen LogP contribution in [0.25, 0.3) is 11.0 Å². The van der Waals surface area contributed by atoms with Gasteiger partial charge in [-0.05, 0) is 39.0 Å². The maximum atomic E-state index is 12.7. The van der Waals surface area contributed by atoms with Crippen molar-refractivity contribution < 1.29 is 17.6 Å². The largest absolute Gasteiger partial charge is 0.451 e. The molecule has 0 aliphatic heterocycles. The van der Waals surface area contributed by atoms with E-state index in [1.54, 1.807) is 24.0 Å². The molecule has 0 radical (unpaired) electrons. The van der Waals surface area contributed by atoms with E-state index in [2.05, 4.69) is 0 Å². The van der Waals surface area contributed by atoms with E-state index in [1.807, 2.05) is 27.7 Å². The number of furan rings is 1. The molecule has 0 bridgehead atoms. The average molecular weight is 366 g/mol. The molecule has 7 heteroatoms. The molecule has 0 spiro atoms. The van der Waals surface area contributed by atoms with Crippen LogP contribution >= 0.6 is 0 Å². The van der Waals surface area contributed by atoms with Crippen LogP contribution in [0.3, 0.4) is 0 Å². The molecular formula is C18H26N2O4S. The lowest BCUT2D eigenvalue weighted by Crippen LogP contribution is -2.30. The van der Waals surface area contributed by atoms with Gasteiger partial charge in [0.25, 0.3) is 5.91 Å². The lowest BCUT2D eigenvalue weighted by molar-refractivity contribution is 0.0742. The summed E-state index contributed by atoms with van der Waals surface area (Å²) in [5.74, 6) is 0.0999. The van der Waals surface area contributed by atoms with E-state index in [-0.39, 0.29) is 16.6 Å². The standard InChI is InChI=1S/C18H26N2O4S/c1-6-19(7-2)18(21)17-13(5)15-12-14(10-11-16(15)24-17)25(22,23)20(8-3)9-4/h10-12H,6-9H2,1-5H3. The van der Waals surface area contributed by atoms with Crippen LogP contribution in [0.2, 0.25) is 0 Å². The Morgan fingerprint density at radius 3 is 2.16 bits per heavy atom. The van der Waals surface area contributed by atoms with Gasteiger partial charge in [-0.25, -0.2) is 8.42 Å². The number of carbonyl (C=O) groups excluding carboxylic acids is 1. The Labute approximate surface area is 149 Å². The SMILES string of the molecule is CCN(CC)C(=O)c1oc2ccc(S(=O)(=O)N(CC)CC)cc2c1C. The van der Waals surface area contributed by atoms with Crippen LogP contribution in [0.1, 0.15) is 43.8 Å². The second-order valence-electron chi connectivity index (χ2n) is 5.78. The van der Waals surface area contributed by atoms with Gasteiger partial charge in [0.05, 0.1) is 4.90 Å². The van der Waals surface area contributed by atoms with E-state index in [9.17, 15) is 13.2 Å². The van der Waals surface area contributed by atoms with E-state index in [4.69, 9.17) is 4.42 Å². The van der Waals surface area contributed by atoms with Crippen molar-refractivity contribution >= 4 is 26.9 Å². The van der Waals surface area contributed by atoms with Crippen molar-refractivity contribution in [2.24, 2.45) is 0 Å². The molecule has 0 unspecified atom stereocenters. The predicted molar refractivity (Wildman–Crippen MR) is 98.3 cm³/mol. The molecule has 0 fully saturated rings. The zero-order chi connectivity index (χ0) is 18.8. The lowest BCUT2D eigenvalue weighted by Gasteiger charge is -2.18. The van der Waals surface area contributed by atoms with Gasteiger partial charge in [0.1, 0.15) is 5.58 Å². The number of fused-ring (bicyclic) bond motifs is 1. The number of nitrogens with zero attached hydrogens (tertiary/aromatic N) is 2. The van der Waals surface area contributed by atoms with Gasteiger partial charge in [-0.1, -0.05) is 13.8 Å². The summed E-state index contributed by atoms with van der Waals surface area (Å²) in [5, 5.41) is 0.656. The van der Waals surface area contributed by atoms with Gasteiger partial charge in [-0.15, -0.1) is 0 Å². The molecule has 25 heavy (non-hydrogen) atoms. The molecule has 6 nitrogen and oxygen atoms in total. The highest BCUT2D eigenvalue weighted by atomic mass is 32.2. The first-order chi connectivity index (χ1) is 11.8. The van der Waals surface area contributed by atoms with Gasteiger partial charge in [0.15, 0.2) is 5.76 Å². The van der Waals surface area contributed by atoms with Crippen molar-refractivity contribution in [1.82, 2.24) is 9.21 Å². The van der Waals surface area contributed by atoms with E-state index < -0.39 is 10.0 Å². The number of amides is 1. The highest BCUT2D eigenvalue weighted by Crippen LogP contribution is 2.29. The van der Waals surface area contributed by atoms with Crippen molar-refractivity contribution in [1.29, 1.82) is 0 Å². The van der Waals surface area contributed by atoms with Crippen molar-refractivity contribution in [2.45, 2.75) is 39.5 Å². The van der Waals surface area contributed by atoms with Crippen molar-refractivity contribution in [2.75, 3.05) is 26.2 Å². The predicted octanol–water partition coefficient (Wildman–Crippen LogP) is 3.25. The number of rotatable bonds is 7. The summed E-state index contributed by atoms with van der Waals surface area (Å²) in [4.78, 5) is 14.5.